The van der Waals surface area contributed by atoms with Crippen molar-refractivity contribution in [1.29, 1.82) is 0 Å². The van der Waals surface area contributed by atoms with Crippen molar-refractivity contribution in [3.8, 4) is 11.1 Å². The number of nitrogens with two attached hydrogens (primary N) is 2. The summed E-state index contributed by atoms with van der Waals surface area (Å²) in [4.78, 5) is 42.0. The van der Waals surface area contributed by atoms with Gasteiger partial charge >= 0.3 is 0 Å². The predicted octanol–water partition coefficient (Wildman–Crippen LogP) is 4.57. The van der Waals surface area contributed by atoms with Crippen LogP contribution < -0.4 is 32.6 Å². The number of nitrogens with one attached hydrogen (secondary N) is 3. The van der Waals surface area contributed by atoms with E-state index < -0.39 is 6.04 Å². The lowest BCUT2D eigenvalue weighted by atomic mass is 9.93. The molecule has 12 heteroatoms. The lowest BCUT2D eigenvalue weighted by Gasteiger charge is -2.23. The quantitative estimate of drug-likeness (QED) is 0.0641. The normalized spacial score (nSPS) is 17.1. The Bertz CT molecular complexity index is 1510. The fraction of sp³-hybridized carbons (Fsp3) is 0.233. The lowest BCUT2D eigenvalue weighted by molar-refractivity contribution is -0.120. The lowest BCUT2D eigenvalue weighted by Crippen LogP contribution is -2.30. The highest BCUT2D eigenvalue weighted by molar-refractivity contribution is 6.30. The number of benzene rings is 2. The fourth-order valence-electron chi connectivity index (χ4n) is 4.89. The summed E-state index contributed by atoms with van der Waals surface area (Å²) in [5, 5.41) is 13.9. The van der Waals surface area contributed by atoms with Crippen LogP contribution in [-0.4, -0.2) is 29.5 Å². The van der Waals surface area contributed by atoms with Gasteiger partial charge in [-0.05, 0) is 73.4 Å². The molecule has 2 atom stereocenters. The number of halogens is 1. The Morgan fingerprint density at radius 1 is 1.21 bits per heavy atom. The molecule has 42 heavy (non-hydrogen) atoms. The number of carbonyl (C=O) groups excluding carboxylic acids is 3. The number of hydrogen-bond acceptors (Lipinski definition) is 7. The van der Waals surface area contributed by atoms with Crippen LogP contribution in [0.5, 0.6) is 0 Å². The van der Waals surface area contributed by atoms with Crippen LogP contribution in [0.15, 0.2) is 65.9 Å². The summed E-state index contributed by atoms with van der Waals surface area (Å²) >= 11 is 6.18. The predicted molar refractivity (Wildman–Crippen MR) is 166 cm³/mol. The van der Waals surface area contributed by atoms with E-state index in [9.17, 15) is 14.4 Å². The van der Waals surface area contributed by atoms with Gasteiger partial charge in [0.15, 0.2) is 0 Å². The standard InChI is InChI=1S/C30H33ClN8O3/c1-2-19-4-3-5-25(37-29(41)11-6-21-14-22(31)7-10-28(21)39(33)17-36-32)27-15-20(12-13-34-27)24-9-8-23(35-18-40)16-26(24)38-30(19)42/h6-19,25H,2-5,32-33H2,1H3,(H,35,40)(H,37,41)(H,38,42)/b11-6+,36-17-/t19?,25-/m0/s1. The monoisotopic (exact) mass is 588 g/mol. The Kier molecular flexibility index (Phi) is 10.2. The summed E-state index contributed by atoms with van der Waals surface area (Å²) in [5.74, 6) is 10.6. The van der Waals surface area contributed by atoms with Crippen molar-refractivity contribution in [2.24, 2.45) is 22.7 Å². The van der Waals surface area contributed by atoms with Gasteiger partial charge in [-0.1, -0.05) is 31.0 Å². The topological polar surface area (TPSA) is 168 Å². The average Bonchev–Trinajstić information content (AvgIpc) is 2.97. The number of hydrogen-bond donors (Lipinski definition) is 5. The molecule has 3 aromatic rings. The summed E-state index contributed by atoms with van der Waals surface area (Å²) in [5.41, 5.74) is 4.55. The molecular weight excluding hydrogens is 556 g/mol. The molecule has 0 saturated carbocycles. The van der Waals surface area contributed by atoms with Crippen LogP contribution in [0.25, 0.3) is 17.2 Å². The van der Waals surface area contributed by atoms with Gasteiger partial charge in [0, 0.05) is 40.0 Å². The van der Waals surface area contributed by atoms with E-state index in [1.807, 2.05) is 25.1 Å². The van der Waals surface area contributed by atoms with E-state index in [1.54, 1.807) is 42.6 Å². The number of hydrazine groups is 1. The van der Waals surface area contributed by atoms with E-state index in [4.69, 9.17) is 23.3 Å². The van der Waals surface area contributed by atoms with Crippen molar-refractivity contribution in [2.75, 3.05) is 15.6 Å². The highest BCUT2D eigenvalue weighted by atomic mass is 35.5. The van der Waals surface area contributed by atoms with Crippen LogP contribution in [0.2, 0.25) is 5.02 Å². The zero-order chi connectivity index (χ0) is 30.1. The second kappa shape index (κ2) is 14.2. The third kappa shape index (κ3) is 7.50. The number of pyridine rings is 1. The summed E-state index contributed by atoms with van der Waals surface area (Å²) in [6.07, 6.45) is 9.08. The molecule has 2 bridgehead atoms. The number of anilines is 3. The molecule has 1 unspecified atom stereocenters. The number of carbonyl (C=O) groups is 3. The third-order valence-corrected chi connectivity index (χ3v) is 7.29. The van der Waals surface area contributed by atoms with Crippen molar-refractivity contribution in [3.05, 3.63) is 77.1 Å². The molecule has 0 aliphatic carbocycles. The minimum Gasteiger partial charge on any atom is -0.344 e. The van der Waals surface area contributed by atoms with Crippen LogP contribution in [0.4, 0.5) is 17.1 Å². The van der Waals surface area contributed by atoms with E-state index in [0.29, 0.717) is 65.4 Å². The second-order valence-electron chi connectivity index (χ2n) is 9.79. The SMILES string of the molecule is CCC1CCC[C@H](NC(=O)/C=C/c2cc(Cl)ccc2N(N)/C=N\N)c2cc(ccn2)-c2ccc(NC=O)cc2NC1=O. The highest BCUT2D eigenvalue weighted by Gasteiger charge is 2.23. The maximum Gasteiger partial charge on any atom is 0.244 e. The van der Waals surface area contributed by atoms with E-state index >= 15 is 0 Å². The molecule has 1 aliphatic rings. The van der Waals surface area contributed by atoms with E-state index in [-0.39, 0.29) is 17.7 Å². The molecule has 2 heterocycles. The van der Waals surface area contributed by atoms with Crippen molar-refractivity contribution >= 4 is 59.3 Å². The summed E-state index contributed by atoms with van der Waals surface area (Å²) in [6, 6.07) is 13.7. The maximum absolute atomic E-state index is 13.2. The number of amides is 3. The largest absolute Gasteiger partial charge is 0.344 e. The first kappa shape index (κ1) is 30.2. The van der Waals surface area contributed by atoms with Gasteiger partial charge in [0.25, 0.3) is 0 Å². The molecule has 3 amide bonds. The minimum atomic E-state index is -0.407. The Morgan fingerprint density at radius 2 is 2.05 bits per heavy atom. The van der Waals surface area contributed by atoms with Crippen LogP contribution in [-0.2, 0) is 14.4 Å². The van der Waals surface area contributed by atoms with Crippen LogP contribution in [0.1, 0.15) is 49.9 Å². The number of aromatic nitrogens is 1. The van der Waals surface area contributed by atoms with Crippen LogP contribution in [0, 0.1) is 5.92 Å². The zero-order valence-electron chi connectivity index (χ0n) is 23.1. The van der Waals surface area contributed by atoms with Crippen LogP contribution in [0.3, 0.4) is 0 Å². The maximum atomic E-state index is 13.2. The van der Waals surface area contributed by atoms with E-state index in [1.165, 1.54) is 17.4 Å². The van der Waals surface area contributed by atoms with Gasteiger partial charge in [-0.3, -0.25) is 24.4 Å². The van der Waals surface area contributed by atoms with Gasteiger partial charge in [-0.15, -0.1) is 0 Å². The smallest absolute Gasteiger partial charge is 0.244 e. The van der Waals surface area contributed by atoms with Crippen LogP contribution >= 0.6 is 11.6 Å². The Hall–Kier alpha value is -4.74. The van der Waals surface area contributed by atoms with Gasteiger partial charge in [0.05, 0.1) is 23.1 Å². The number of rotatable bonds is 8. The Morgan fingerprint density at radius 3 is 2.81 bits per heavy atom. The average molecular weight is 589 g/mol. The molecule has 4 rings (SSSR count). The van der Waals surface area contributed by atoms with E-state index in [2.05, 4.69) is 26.0 Å². The molecule has 0 fully saturated rings. The van der Waals surface area contributed by atoms with Crippen molar-refractivity contribution in [3.63, 3.8) is 0 Å². The summed E-state index contributed by atoms with van der Waals surface area (Å²) in [7, 11) is 0. The number of hydrazone groups is 1. The van der Waals surface area contributed by atoms with Crippen molar-refractivity contribution in [2.45, 2.75) is 38.6 Å². The first-order valence-electron chi connectivity index (χ1n) is 13.5. The summed E-state index contributed by atoms with van der Waals surface area (Å²) in [6.45, 7) is 1.97. The molecule has 0 saturated heterocycles. The summed E-state index contributed by atoms with van der Waals surface area (Å²) < 4.78 is 0. The highest BCUT2D eigenvalue weighted by Crippen LogP contribution is 2.34. The fourth-order valence-corrected chi connectivity index (χ4v) is 5.08. The molecule has 1 aromatic heterocycles. The first-order valence-corrected chi connectivity index (χ1v) is 13.9. The molecule has 0 spiro atoms. The van der Waals surface area contributed by atoms with E-state index in [0.717, 1.165) is 11.1 Å². The molecule has 11 nitrogen and oxygen atoms in total. The molecule has 7 N–H and O–H groups in total. The van der Waals surface area contributed by atoms with Crippen molar-refractivity contribution in [1.82, 2.24) is 10.3 Å². The van der Waals surface area contributed by atoms with Gasteiger partial charge in [-0.25, -0.2) is 5.84 Å². The molecule has 0 radical (unpaired) electrons. The second-order valence-corrected chi connectivity index (χ2v) is 10.2. The van der Waals surface area contributed by atoms with Gasteiger partial charge in [-0.2, -0.15) is 5.10 Å². The Balaban J connectivity index is 1.66. The number of nitrogens with zero attached hydrogens (tertiary/aromatic N) is 3. The minimum absolute atomic E-state index is 0.0914. The zero-order valence-corrected chi connectivity index (χ0v) is 23.8. The molecular formula is C30H33ClN8O3. The van der Waals surface area contributed by atoms with Gasteiger partial charge in [0.2, 0.25) is 18.2 Å². The molecule has 2 aromatic carbocycles. The third-order valence-electron chi connectivity index (χ3n) is 7.05. The van der Waals surface area contributed by atoms with Gasteiger partial charge < -0.3 is 21.8 Å². The number of fused-ring (bicyclic) bond motifs is 4. The molecule has 1 aliphatic heterocycles. The van der Waals surface area contributed by atoms with Gasteiger partial charge in [0.1, 0.15) is 6.34 Å². The molecule has 218 valence electrons. The van der Waals surface area contributed by atoms with Crippen molar-refractivity contribution < 1.29 is 14.4 Å². The Labute approximate surface area is 249 Å². The first-order chi connectivity index (χ1) is 20.3.